The van der Waals surface area contributed by atoms with Gasteiger partial charge in [0.1, 0.15) is 11.6 Å². The van der Waals surface area contributed by atoms with Gasteiger partial charge in [0.05, 0.1) is 7.11 Å². The fourth-order valence-corrected chi connectivity index (χ4v) is 2.25. The highest BCUT2D eigenvalue weighted by Crippen LogP contribution is 2.22. The van der Waals surface area contributed by atoms with Crippen LogP contribution in [0.5, 0.6) is 5.75 Å². The van der Waals surface area contributed by atoms with E-state index < -0.39 is 0 Å². The zero-order valence-electron chi connectivity index (χ0n) is 12.1. The highest BCUT2D eigenvalue weighted by atomic mass is 19.1. The minimum Gasteiger partial charge on any atom is -0.497 e. The summed E-state index contributed by atoms with van der Waals surface area (Å²) in [5, 5.41) is 3.47. The first-order valence-electron chi connectivity index (χ1n) is 6.75. The van der Waals surface area contributed by atoms with Gasteiger partial charge in [-0.05, 0) is 49.2 Å². The summed E-state index contributed by atoms with van der Waals surface area (Å²) in [6, 6.07) is 14.9. The van der Waals surface area contributed by atoms with Crippen molar-refractivity contribution in [2.75, 3.05) is 7.11 Å². The molecule has 20 heavy (non-hydrogen) atoms. The second kappa shape index (κ2) is 6.53. The molecule has 0 saturated heterocycles. The number of benzene rings is 2. The SMILES string of the molecule is COc1cccc(C(C)N[C@H](C)c2cccc(F)c2)c1. The average molecular weight is 273 g/mol. The number of hydrogen-bond acceptors (Lipinski definition) is 2. The number of rotatable bonds is 5. The van der Waals surface area contributed by atoms with E-state index in [1.165, 1.54) is 6.07 Å². The highest BCUT2D eigenvalue weighted by molar-refractivity contribution is 5.30. The van der Waals surface area contributed by atoms with Crippen molar-refractivity contribution in [2.24, 2.45) is 0 Å². The Morgan fingerprint density at radius 3 is 2.15 bits per heavy atom. The van der Waals surface area contributed by atoms with Crippen LogP contribution in [0.3, 0.4) is 0 Å². The summed E-state index contributed by atoms with van der Waals surface area (Å²) < 4.78 is 18.5. The molecule has 1 unspecified atom stereocenters. The number of hydrogen-bond donors (Lipinski definition) is 1. The molecule has 2 nitrogen and oxygen atoms in total. The summed E-state index contributed by atoms with van der Waals surface area (Å²) in [6.45, 7) is 4.12. The Hall–Kier alpha value is -1.87. The van der Waals surface area contributed by atoms with E-state index >= 15 is 0 Å². The van der Waals surface area contributed by atoms with Crippen molar-refractivity contribution in [3.63, 3.8) is 0 Å². The predicted molar refractivity (Wildman–Crippen MR) is 79.4 cm³/mol. The van der Waals surface area contributed by atoms with E-state index in [2.05, 4.69) is 18.3 Å². The van der Waals surface area contributed by atoms with Crippen LogP contribution in [0, 0.1) is 5.82 Å². The van der Waals surface area contributed by atoms with Gasteiger partial charge in [-0.25, -0.2) is 4.39 Å². The van der Waals surface area contributed by atoms with Crippen molar-refractivity contribution in [1.82, 2.24) is 5.32 Å². The van der Waals surface area contributed by atoms with Crippen LogP contribution in [0.15, 0.2) is 48.5 Å². The van der Waals surface area contributed by atoms with Crippen LogP contribution in [0.25, 0.3) is 0 Å². The number of halogens is 1. The normalized spacial score (nSPS) is 13.8. The second-order valence-corrected chi connectivity index (χ2v) is 4.94. The van der Waals surface area contributed by atoms with E-state index in [9.17, 15) is 4.39 Å². The average Bonchev–Trinajstić information content (AvgIpc) is 2.47. The Kier molecular flexibility index (Phi) is 4.74. The van der Waals surface area contributed by atoms with Gasteiger partial charge in [-0.2, -0.15) is 0 Å². The molecule has 0 saturated carbocycles. The van der Waals surface area contributed by atoms with E-state index in [0.29, 0.717) is 0 Å². The molecule has 0 bridgehead atoms. The second-order valence-electron chi connectivity index (χ2n) is 4.94. The summed E-state index contributed by atoms with van der Waals surface area (Å²) in [5.41, 5.74) is 2.09. The molecule has 0 heterocycles. The van der Waals surface area contributed by atoms with E-state index in [1.54, 1.807) is 19.2 Å². The Bertz CT molecular complexity index is 570. The fourth-order valence-electron chi connectivity index (χ4n) is 2.25. The largest absolute Gasteiger partial charge is 0.497 e. The number of methoxy groups -OCH3 is 1. The quantitative estimate of drug-likeness (QED) is 0.879. The minimum absolute atomic E-state index is 0.0758. The molecule has 0 fully saturated rings. The van der Waals surface area contributed by atoms with Crippen molar-refractivity contribution in [3.05, 3.63) is 65.5 Å². The van der Waals surface area contributed by atoms with E-state index in [0.717, 1.165) is 16.9 Å². The first-order valence-corrected chi connectivity index (χ1v) is 6.75. The third kappa shape index (κ3) is 3.58. The molecule has 2 aromatic rings. The number of nitrogens with one attached hydrogen (secondary N) is 1. The maximum absolute atomic E-state index is 13.2. The molecule has 2 rings (SSSR count). The lowest BCUT2D eigenvalue weighted by Gasteiger charge is -2.21. The number of ether oxygens (including phenoxy) is 1. The summed E-state index contributed by atoms with van der Waals surface area (Å²) in [7, 11) is 1.66. The van der Waals surface area contributed by atoms with Gasteiger partial charge in [-0.1, -0.05) is 24.3 Å². The van der Waals surface area contributed by atoms with Crippen molar-refractivity contribution < 1.29 is 9.13 Å². The predicted octanol–water partition coefficient (Wildman–Crippen LogP) is 4.25. The van der Waals surface area contributed by atoms with Crippen LogP contribution >= 0.6 is 0 Å². The molecule has 0 radical (unpaired) electrons. The molecule has 0 aliphatic rings. The molecule has 3 heteroatoms. The van der Waals surface area contributed by atoms with E-state index in [4.69, 9.17) is 4.74 Å². The van der Waals surface area contributed by atoms with Gasteiger partial charge < -0.3 is 10.1 Å². The van der Waals surface area contributed by atoms with Crippen LogP contribution in [-0.2, 0) is 0 Å². The Labute approximate surface area is 119 Å². The van der Waals surface area contributed by atoms with Crippen molar-refractivity contribution in [1.29, 1.82) is 0 Å². The molecular formula is C17H20FNO. The molecule has 0 aromatic heterocycles. The van der Waals surface area contributed by atoms with Crippen LogP contribution < -0.4 is 10.1 Å². The first kappa shape index (κ1) is 14.5. The zero-order valence-corrected chi connectivity index (χ0v) is 12.1. The third-order valence-corrected chi connectivity index (χ3v) is 3.44. The molecule has 2 aromatic carbocycles. The van der Waals surface area contributed by atoms with Gasteiger partial charge in [0.2, 0.25) is 0 Å². The lowest BCUT2D eigenvalue weighted by Crippen LogP contribution is -2.22. The Morgan fingerprint density at radius 1 is 0.950 bits per heavy atom. The lowest BCUT2D eigenvalue weighted by molar-refractivity contribution is 0.412. The molecule has 0 aliphatic carbocycles. The van der Waals surface area contributed by atoms with Crippen LogP contribution in [0.2, 0.25) is 0 Å². The van der Waals surface area contributed by atoms with Crippen molar-refractivity contribution in [3.8, 4) is 5.75 Å². The van der Waals surface area contributed by atoms with Gasteiger partial charge in [-0.3, -0.25) is 0 Å². The fraction of sp³-hybridized carbons (Fsp3) is 0.294. The monoisotopic (exact) mass is 273 g/mol. The first-order chi connectivity index (χ1) is 9.60. The maximum Gasteiger partial charge on any atom is 0.123 e. The smallest absolute Gasteiger partial charge is 0.123 e. The molecule has 1 N–H and O–H groups in total. The van der Waals surface area contributed by atoms with Crippen LogP contribution in [0.1, 0.15) is 37.1 Å². The van der Waals surface area contributed by atoms with Crippen LogP contribution in [0.4, 0.5) is 4.39 Å². The topological polar surface area (TPSA) is 21.3 Å². The van der Waals surface area contributed by atoms with Gasteiger partial charge >= 0.3 is 0 Å². The van der Waals surface area contributed by atoms with Gasteiger partial charge in [0.25, 0.3) is 0 Å². The van der Waals surface area contributed by atoms with E-state index in [-0.39, 0.29) is 17.9 Å². The molecular weight excluding hydrogens is 253 g/mol. The highest BCUT2D eigenvalue weighted by Gasteiger charge is 2.12. The van der Waals surface area contributed by atoms with Gasteiger partial charge in [-0.15, -0.1) is 0 Å². The summed E-state index contributed by atoms with van der Waals surface area (Å²) in [4.78, 5) is 0. The molecule has 0 amide bonds. The van der Waals surface area contributed by atoms with Gasteiger partial charge in [0, 0.05) is 12.1 Å². The maximum atomic E-state index is 13.2. The van der Waals surface area contributed by atoms with Gasteiger partial charge in [0.15, 0.2) is 0 Å². The van der Waals surface area contributed by atoms with Crippen molar-refractivity contribution in [2.45, 2.75) is 25.9 Å². The van der Waals surface area contributed by atoms with Crippen molar-refractivity contribution >= 4 is 0 Å². The Morgan fingerprint density at radius 2 is 1.55 bits per heavy atom. The third-order valence-electron chi connectivity index (χ3n) is 3.44. The summed E-state index contributed by atoms with van der Waals surface area (Å²) in [5.74, 6) is 0.639. The van der Waals surface area contributed by atoms with E-state index in [1.807, 2.05) is 31.2 Å². The molecule has 106 valence electrons. The lowest BCUT2D eigenvalue weighted by atomic mass is 10.0. The zero-order chi connectivity index (χ0) is 14.5. The summed E-state index contributed by atoms with van der Waals surface area (Å²) >= 11 is 0. The summed E-state index contributed by atoms with van der Waals surface area (Å²) in [6.07, 6.45) is 0. The standard InChI is InChI=1S/C17H20FNO/c1-12(14-6-4-8-16(18)10-14)19-13(2)15-7-5-9-17(11-15)20-3/h4-13,19H,1-3H3/t12-,13?/m1/s1. The molecule has 0 spiro atoms. The molecule has 2 atom stereocenters. The Balaban J connectivity index is 2.08. The molecule has 0 aliphatic heterocycles. The van der Waals surface area contributed by atoms with Crippen LogP contribution in [-0.4, -0.2) is 7.11 Å². The minimum atomic E-state index is -0.204.